The van der Waals surface area contributed by atoms with Crippen LogP contribution >= 0.6 is 0 Å². The molecule has 654 valence electrons. The number of aromatic nitrogens is 8. The zero-order valence-electron chi connectivity index (χ0n) is 72.3. The lowest BCUT2D eigenvalue weighted by Crippen LogP contribution is -2.56. The summed E-state index contributed by atoms with van der Waals surface area (Å²) in [5.41, 5.74) is 5.43. The molecule has 8 N–H and O–H groups in total. The Labute approximate surface area is 714 Å². The maximum Gasteiger partial charge on any atom is 0.335 e. The molecule has 14 rings (SSSR count). The number of benzene rings is 4. The van der Waals surface area contributed by atoms with Gasteiger partial charge in [-0.2, -0.15) is 19.9 Å². The molecule has 0 unspecified atom stereocenters. The van der Waals surface area contributed by atoms with Crippen LogP contribution in [0.1, 0.15) is 180 Å². The van der Waals surface area contributed by atoms with Crippen LogP contribution in [-0.2, 0) is 19.2 Å². The van der Waals surface area contributed by atoms with Crippen LogP contribution < -0.4 is 79.4 Å². The summed E-state index contributed by atoms with van der Waals surface area (Å²) >= 11 is 0. The molecule has 4 amide bonds. The Morgan fingerprint density at radius 2 is 0.683 bits per heavy atom. The van der Waals surface area contributed by atoms with Gasteiger partial charge >= 0.3 is 23.9 Å². The van der Waals surface area contributed by atoms with Gasteiger partial charge in [-0.15, -0.1) is 0 Å². The topological polar surface area (TPSA) is 432 Å². The van der Waals surface area contributed by atoms with Gasteiger partial charge < -0.3 is 99.8 Å². The fraction of sp³-hybridized carbons (Fsp3) is 0.448. The van der Waals surface area contributed by atoms with Crippen molar-refractivity contribution in [3.8, 4) is 23.0 Å². The molecule has 36 heteroatoms. The van der Waals surface area contributed by atoms with Crippen LogP contribution in [0, 0.1) is 11.8 Å². The van der Waals surface area contributed by atoms with Crippen molar-refractivity contribution in [1.29, 1.82) is 0 Å². The van der Waals surface area contributed by atoms with Crippen molar-refractivity contribution in [3.05, 3.63) is 120 Å². The number of carbonyl (C=O) groups excluding carboxylic acids is 4. The number of ether oxygens (including phenoxy) is 4. The van der Waals surface area contributed by atoms with Gasteiger partial charge in [0.1, 0.15) is 69.9 Å². The fourth-order valence-corrected chi connectivity index (χ4v) is 15.9. The Balaban J connectivity index is 0.000000160. The van der Waals surface area contributed by atoms with Gasteiger partial charge in [-0.05, 0) is 150 Å². The van der Waals surface area contributed by atoms with Crippen LogP contribution in [0.3, 0.4) is 0 Å². The van der Waals surface area contributed by atoms with E-state index in [0.29, 0.717) is 135 Å². The number of carboxylic acid groups (broad SMARTS) is 4. The molecule has 0 bridgehead atoms. The number of anilines is 16. The van der Waals surface area contributed by atoms with Gasteiger partial charge in [0, 0.05) is 53.4 Å². The van der Waals surface area contributed by atoms with Crippen LogP contribution in [0.4, 0.5) is 92.6 Å². The predicted molar refractivity (Wildman–Crippen MR) is 469 cm³/mol. The van der Waals surface area contributed by atoms with Crippen molar-refractivity contribution in [2.45, 2.75) is 175 Å². The van der Waals surface area contributed by atoms with Crippen LogP contribution in [0.2, 0.25) is 0 Å². The third-order valence-electron chi connectivity index (χ3n) is 22.8. The van der Waals surface area contributed by atoms with E-state index < -0.39 is 23.9 Å². The summed E-state index contributed by atoms with van der Waals surface area (Å²) in [6.07, 6.45) is 19.8. The van der Waals surface area contributed by atoms with Crippen molar-refractivity contribution < 1.29 is 77.7 Å². The van der Waals surface area contributed by atoms with Gasteiger partial charge in [0.05, 0.1) is 98.2 Å². The second-order valence-corrected chi connectivity index (χ2v) is 31.6. The Morgan fingerprint density at radius 1 is 0.398 bits per heavy atom. The van der Waals surface area contributed by atoms with E-state index in [-0.39, 0.29) is 82.1 Å². The average Bonchev–Trinajstić information content (AvgIpc) is 1.48. The van der Waals surface area contributed by atoms with Gasteiger partial charge in [0.2, 0.25) is 47.4 Å². The predicted octanol–water partition coefficient (Wildman–Crippen LogP) is 13.5. The molecular weight excluding hydrogens is 1580 g/mol. The number of amides is 4. The first-order valence-electron chi connectivity index (χ1n) is 41.3. The number of nitrogens with zero attached hydrogens (tertiary/aromatic N) is 16. The van der Waals surface area contributed by atoms with Crippen molar-refractivity contribution in [2.75, 3.05) is 130 Å². The van der Waals surface area contributed by atoms with Crippen molar-refractivity contribution >= 4 is 140 Å². The number of aromatic carboxylic acids is 4. The van der Waals surface area contributed by atoms with E-state index in [4.69, 9.17) is 39.0 Å². The number of likely N-dealkylation sites (N-methyl/N-ethyl adjacent to an activating group) is 4. The lowest BCUT2D eigenvalue weighted by atomic mass is 9.91. The largest absolute Gasteiger partial charge is 0.495 e. The minimum Gasteiger partial charge on any atom is -0.495 e. The molecule has 4 aromatic heterocycles. The molecular formula is C87H110N20O16. The smallest absolute Gasteiger partial charge is 0.335 e. The maximum atomic E-state index is 13.1. The zero-order valence-corrected chi connectivity index (χ0v) is 72.3. The number of hydrogen-bond acceptors (Lipinski definition) is 28. The first kappa shape index (κ1) is 90.3. The molecule has 2 aliphatic carbocycles. The summed E-state index contributed by atoms with van der Waals surface area (Å²) in [4.78, 5) is 148. The van der Waals surface area contributed by atoms with E-state index in [1.807, 2.05) is 32.6 Å². The molecule has 2 fully saturated rings. The normalized spacial score (nSPS) is 17.4. The highest BCUT2D eigenvalue weighted by atomic mass is 16.5. The molecule has 4 atom stereocenters. The van der Waals surface area contributed by atoms with Gasteiger partial charge in [-0.3, -0.25) is 19.2 Å². The number of rotatable bonds is 26. The summed E-state index contributed by atoms with van der Waals surface area (Å²) < 4.78 is 21.3. The number of nitrogens with one attached hydrogen (secondary N) is 4. The fourth-order valence-electron chi connectivity index (χ4n) is 15.9. The molecule has 4 aliphatic heterocycles. The van der Waals surface area contributed by atoms with Gasteiger partial charge in [-0.1, -0.05) is 73.6 Å². The number of carbonyl (C=O) groups is 8. The van der Waals surface area contributed by atoms with Crippen LogP contribution in [-0.4, -0.2) is 214 Å². The average molecular weight is 1690 g/mol. The Morgan fingerprint density at radius 3 is 1.02 bits per heavy atom. The summed E-state index contributed by atoms with van der Waals surface area (Å²) in [5, 5.41) is 49.3. The second kappa shape index (κ2) is 39.8. The second-order valence-electron chi connectivity index (χ2n) is 31.6. The molecule has 0 spiro atoms. The lowest BCUT2D eigenvalue weighted by molar-refractivity contribution is -0.120. The number of fused-ring (bicyclic) bond motifs is 4. The minimum absolute atomic E-state index is 0.00138. The third kappa shape index (κ3) is 20.1. The van der Waals surface area contributed by atoms with Crippen molar-refractivity contribution in [1.82, 2.24) is 39.9 Å². The molecule has 0 saturated heterocycles. The molecule has 36 nitrogen and oxygen atoms in total. The Bertz CT molecular complexity index is 5220. The number of hydrogen-bond donors (Lipinski definition) is 8. The van der Waals surface area contributed by atoms with E-state index in [9.17, 15) is 53.7 Å². The molecule has 0 radical (unpaired) electrons. The Kier molecular flexibility index (Phi) is 29.3. The van der Waals surface area contributed by atoms with Gasteiger partial charge in [0.15, 0.2) is 23.3 Å². The van der Waals surface area contributed by atoms with Crippen LogP contribution in [0.25, 0.3) is 0 Å². The van der Waals surface area contributed by atoms with Crippen LogP contribution in [0.15, 0.2) is 97.6 Å². The molecule has 6 aliphatic rings. The first-order valence-corrected chi connectivity index (χ1v) is 41.3. The van der Waals surface area contributed by atoms with Gasteiger partial charge in [0.25, 0.3) is 0 Å². The molecule has 8 heterocycles. The summed E-state index contributed by atoms with van der Waals surface area (Å²) in [5.74, 6) is 2.77. The standard InChI is InChI=1S/C23H29N5O4.C22H29N5O4.C21H25N5O4.C21H27N5O4/c1-4-17-21(29)27(2)18-13-24-23(26-20(18)28(17)15-8-6-5-7-9-15)25-16-11-10-14(22(30)31)12-19(16)32-3;1-6-16-20(28)26(4)17-12-23-22(25-19(17)27(16)10-9-13(2)3)24-15-8-7-14(21(29)30)11-18(15)31-5;1-12-19(27)25(2)16-11-22-21(24-18(16)26(12)14-6-4-5-7-14)23-15-9-8-13(20(28)29)10-17(15)30-3;1-12(2)8-9-26-13(3)19(27)25(4)16-11-22-21(24-18(16)26)23-15-7-6-14(20(28)29)10-17(15)30-5/h10-13,15,17H,4-9H2,1-3H3,(H,30,31)(H,24,25,26);7-8,11-13,16H,6,9-10H2,1-5H3,(H,29,30)(H,23,24,25);8-12,14H,4-7H2,1-3H3,(H,28,29)(H,22,23,24);6-7,10-13H,8-9H2,1-5H3,(H,28,29)(H,22,23,24)/t17-;16-;12-;13-/m1111/s1. The molecule has 2 saturated carbocycles. The monoisotopic (exact) mass is 1690 g/mol. The highest BCUT2D eigenvalue weighted by molar-refractivity contribution is 6.07. The van der Waals surface area contributed by atoms with Crippen molar-refractivity contribution in [2.24, 2.45) is 11.8 Å². The number of carboxylic acids is 4. The van der Waals surface area contributed by atoms with E-state index in [2.05, 4.69) is 88.6 Å². The summed E-state index contributed by atoms with van der Waals surface area (Å²) in [6, 6.07) is 17.6. The SMILES string of the molecule is CC[C@@H]1C(=O)N(C)c2cnc(Nc3ccc(C(=O)O)cc3OC)nc2N1C1CCCCC1.CC[C@@H]1C(=O)N(C)c2cnc(Nc3ccc(C(=O)O)cc3OC)nc2N1CCC(C)C.COc1cc(C(=O)O)ccc1Nc1ncc2c(n1)N(C1CCCC1)[C@H](C)C(=O)N2C.COc1cc(C(=O)O)ccc1Nc1ncc2c(n1)N(CCC(C)C)[C@H](C)C(=O)N2C. The lowest BCUT2D eigenvalue weighted by Gasteiger charge is -2.45. The zero-order chi connectivity index (χ0) is 88.9. The highest BCUT2D eigenvalue weighted by Gasteiger charge is 2.44. The molecule has 4 aromatic carbocycles. The third-order valence-corrected chi connectivity index (χ3v) is 22.8. The van der Waals surface area contributed by atoms with Crippen molar-refractivity contribution in [3.63, 3.8) is 0 Å². The van der Waals surface area contributed by atoms with Gasteiger partial charge in [-0.25, -0.2) is 39.1 Å². The number of methoxy groups -OCH3 is 4. The first-order chi connectivity index (χ1) is 58.8. The van der Waals surface area contributed by atoms with E-state index in [1.165, 1.54) is 83.4 Å². The quantitative estimate of drug-likeness (QED) is 0.0250. The Hall–Kier alpha value is -13.4. The maximum absolute atomic E-state index is 13.1. The van der Waals surface area contributed by atoms with E-state index in [1.54, 1.807) is 96.8 Å². The highest BCUT2D eigenvalue weighted by Crippen LogP contribution is 2.45. The summed E-state index contributed by atoms with van der Waals surface area (Å²) in [7, 11) is 12.9. The molecule has 8 aromatic rings. The summed E-state index contributed by atoms with van der Waals surface area (Å²) in [6.45, 7) is 17.8. The van der Waals surface area contributed by atoms with E-state index in [0.717, 1.165) is 82.4 Å². The molecule has 123 heavy (non-hydrogen) atoms. The minimum atomic E-state index is -1.03. The van der Waals surface area contributed by atoms with E-state index >= 15 is 0 Å². The van der Waals surface area contributed by atoms with Crippen LogP contribution in [0.5, 0.6) is 23.0 Å².